The average molecular weight is 979 g/mol. The van der Waals surface area contributed by atoms with Crippen LogP contribution in [0, 0.1) is 23.7 Å². The second-order valence-electron chi connectivity index (χ2n) is 23.0. The maximum absolute atomic E-state index is 12.1. The fourth-order valence-electron chi connectivity index (χ4n) is 6.92. The Morgan fingerprint density at radius 2 is 0.634 bits per heavy atom. The summed E-state index contributed by atoms with van der Waals surface area (Å²) in [5, 5.41) is 0. The van der Waals surface area contributed by atoms with Crippen LogP contribution in [0.15, 0.2) is 109 Å². The van der Waals surface area contributed by atoms with Gasteiger partial charge >= 0.3 is 23.9 Å². The number of hydrogen-bond acceptors (Lipinski definition) is 8. The lowest BCUT2D eigenvalue weighted by Crippen LogP contribution is -2.32. The van der Waals surface area contributed by atoms with Crippen molar-refractivity contribution < 1.29 is 38.1 Å². The molecule has 71 heavy (non-hydrogen) atoms. The largest absolute Gasteiger partial charge is 0.455 e. The lowest BCUT2D eigenvalue weighted by Gasteiger charge is -2.32. The van der Waals surface area contributed by atoms with Gasteiger partial charge in [-0.15, -0.1) is 0 Å². The van der Waals surface area contributed by atoms with Crippen molar-refractivity contribution in [3.8, 4) is 0 Å². The van der Waals surface area contributed by atoms with Crippen LogP contribution in [0.3, 0.4) is 0 Å². The molecule has 0 radical (unpaired) electrons. The molecule has 4 aromatic carbocycles. The van der Waals surface area contributed by atoms with Gasteiger partial charge in [-0.2, -0.15) is 0 Å². The molecule has 0 bridgehead atoms. The highest BCUT2D eigenvalue weighted by Gasteiger charge is 2.34. The number of carbonyl (C=O) groups excluding carboxylic acids is 4. The van der Waals surface area contributed by atoms with Crippen molar-refractivity contribution in [1.29, 1.82) is 0 Å². The fourth-order valence-corrected chi connectivity index (χ4v) is 6.92. The van der Waals surface area contributed by atoms with Crippen LogP contribution in [0.4, 0.5) is 0 Å². The molecule has 0 saturated heterocycles. The Kier molecular flexibility index (Phi) is 24.7. The molecule has 0 spiro atoms. The van der Waals surface area contributed by atoms with Gasteiger partial charge in [0.2, 0.25) is 0 Å². The van der Waals surface area contributed by atoms with E-state index in [0.29, 0.717) is 0 Å². The molecule has 0 aliphatic heterocycles. The van der Waals surface area contributed by atoms with Crippen LogP contribution >= 0.6 is 0 Å². The zero-order valence-corrected chi connectivity index (χ0v) is 48.1. The minimum atomic E-state index is -0.636. The van der Waals surface area contributed by atoms with Crippen molar-refractivity contribution in [2.24, 2.45) is 23.7 Å². The zero-order valence-electron chi connectivity index (χ0n) is 48.1. The quantitative estimate of drug-likeness (QED) is 0.0857. The van der Waals surface area contributed by atoms with Gasteiger partial charge in [-0.05, 0) is 98.1 Å². The lowest BCUT2D eigenvalue weighted by molar-refractivity contribution is -0.166. The second kappa shape index (κ2) is 27.5. The number of hydrogen-bond donors (Lipinski definition) is 0. The summed E-state index contributed by atoms with van der Waals surface area (Å²) in [6.07, 6.45) is 2.37. The van der Waals surface area contributed by atoms with Crippen LogP contribution in [0.25, 0.3) is 0 Å². The Balaban J connectivity index is 0.000000480. The Hall–Kier alpha value is -5.24. The fraction of sp³-hybridized carbons (Fsp3) is 0.556. The van der Waals surface area contributed by atoms with E-state index in [1.165, 1.54) is 11.1 Å². The summed E-state index contributed by atoms with van der Waals surface area (Å²) in [6, 6.07) is 36.3. The van der Waals surface area contributed by atoms with Gasteiger partial charge < -0.3 is 18.9 Å². The Morgan fingerprint density at radius 3 is 0.944 bits per heavy atom. The molecule has 8 nitrogen and oxygen atoms in total. The smallest absolute Gasteiger partial charge is 0.309 e. The molecule has 0 aliphatic carbocycles. The molecule has 0 saturated carbocycles. The number of esters is 4. The molecule has 4 aromatic rings. The van der Waals surface area contributed by atoms with Crippen LogP contribution < -0.4 is 0 Å². The predicted molar refractivity (Wildman–Crippen MR) is 293 cm³/mol. The maximum Gasteiger partial charge on any atom is 0.309 e. The Bertz CT molecular complexity index is 2190. The van der Waals surface area contributed by atoms with Crippen molar-refractivity contribution in [2.45, 2.75) is 205 Å². The molecule has 1 unspecified atom stereocenters. The first-order valence-electron chi connectivity index (χ1n) is 25.9. The highest BCUT2D eigenvalue weighted by molar-refractivity contribution is 5.73. The zero-order chi connectivity index (χ0) is 54.8. The summed E-state index contributed by atoms with van der Waals surface area (Å²) in [5.74, 6) is -0.982. The van der Waals surface area contributed by atoms with E-state index in [1.54, 1.807) is 0 Å². The summed E-state index contributed by atoms with van der Waals surface area (Å²) in [7, 11) is 0. The third kappa shape index (κ3) is 20.4. The summed E-state index contributed by atoms with van der Waals surface area (Å²) in [4.78, 5) is 47.1. The molecule has 394 valence electrons. The van der Waals surface area contributed by atoms with Crippen LogP contribution in [-0.2, 0) is 71.4 Å². The monoisotopic (exact) mass is 979 g/mol. The maximum atomic E-state index is 12.1. The second-order valence-corrected chi connectivity index (χ2v) is 23.0. The van der Waals surface area contributed by atoms with E-state index >= 15 is 0 Å². The van der Waals surface area contributed by atoms with Gasteiger partial charge in [0.1, 0.15) is 22.4 Å². The van der Waals surface area contributed by atoms with E-state index < -0.39 is 22.4 Å². The summed E-state index contributed by atoms with van der Waals surface area (Å²) in [6.45, 7) is 44.0. The van der Waals surface area contributed by atoms with Gasteiger partial charge in [-0.1, -0.05) is 227 Å². The molecule has 8 heteroatoms. The third-order valence-corrected chi connectivity index (χ3v) is 12.5. The van der Waals surface area contributed by atoms with E-state index in [4.69, 9.17) is 18.9 Å². The minimum Gasteiger partial charge on any atom is -0.455 e. The molecular formula is C63H94O8. The van der Waals surface area contributed by atoms with E-state index in [0.717, 1.165) is 41.5 Å². The molecule has 0 fully saturated rings. The third-order valence-electron chi connectivity index (χ3n) is 12.5. The van der Waals surface area contributed by atoms with Crippen molar-refractivity contribution in [1.82, 2.24) is 0 Å². The predicted octanol–water partition coefficient (Wildman–Crippen LogP) is 16.2. The van der Waals surface area contributed by atoms with Gasteiger partial charge in [-0.25, -0.2) is 0 Å². The van der Waals surface area contributed by atoms with Crippen LogP contribution in [0.2, 0.25) is 0 Å². The van der Waals surface area contributed by atoms with Crippen molar-refractivity contribution in [3.63, 3.8) is 0 Å². The average Bonchev–Trinajstić information content (AvgIpc) is 3.31. The molecule has 0 heterocycles. The number of benzene rings is 4. The van der Waals surface area contributed by atoms with Crippen LogP contribution in [0.1, 0.15) is 205 Å². The molecule has 0 aliphatic rings. The van der Waals surface area contributed by atoms with Crippen LogP contribution in [0.5, 0.6) is 0 Å². The van der Waals surface area contributed by atoms with Gasteiger partial charge in [0.05, 0.1) is 23.7 Å². The first kappa shape index (κ1) is 63.8. The number of rotatable bonds is 15. The molecule has 0 aromatic heterocycles. The van der Waals surface area contributed by atoms with Crippen LogP contribution in [-0.4, -0.2) is 23.9 Å². The first-order valence-corrected chi connectivity index (χ1v) is 25.9. The molecule has 1 atom stereocenters. The van der Waals surface area contributed by atoms with Crippen molar-refractivity contribution in [2.75, 3.05) is 0 Å². The van der Waals surface area contributed by atoms with E-state index in [2.05, 4.69) is 73.6 Å². The Labute approximate surface area is 431 Å². The lowest BCUT2D eigenvalue weighted by atomic mass is 9.78. The highest BCUT2D eigenvalue weighted by Crippen LogP contribution is 2.37. The van der Waals surface area contributed by atoms with Crippen molar-refractivity contribution in [3.05, 3.63) is 143 Å². The van der Waals surface area contributed by atoms with Gasteiger partial charge in [0.25, 0.3) is 0 Å². The van der Waals surface area contributed by atoms with E-state index in [1.807, 2.05) is 188 Å². The standard InChI is InChI=1S/C21H34O2.C15H22O2.C14H20O2.C13H18O2/c1-14(2)18(22)23-21(9,10)17-12-15(19(3,4)5)11-16(13-17)20(6,7)8;1-5-15(6-2,17-14(16)12(3)4)13-10-8-7-9-11-13;1-5-14(4,16-13(15)11(2)3)12-9-7-6-8-10-12;1-10(2)12(14)15-13(3,4)11-8-6-5-7-9-11/h11-14H,1-10H3;7-12H,5-6H2,1-4H3;6-11H,5H2,1-4H3;5-10H,1-4H3. The SMILES string of the molecule is CC(C)C(=O)OC(C)(C)c1cc(C(C)(C)C)cc(C(C)(C)C)c1.CC(C)C(=O)OC(C)(C)c1ccccc1.CCC(C)(OC(=O)C(C)C)c1ccccc1.CCC(CC)(OC(=O)C(C)C)c1ccccc1. The topological polar surface area (TPSA) is 105 Å². The Morgan fingerprint density at radius 1 is 0.352 bits per heavy atom. The molecule has 4 rings (SSSR count). The van der Waals surface area contributed by atoms with E-state index in [9.17, 15) is 19.2 Å². The normalized spacial score (nSPS) is 12.8. The molecule has 0 N–H and O–H groups in total. The number of carbonyl (C=O) groups is 4. The van der Waals surface area contributed by atoms with Crippen molar-refractivity contribution >= 4 is 23.9 Å². The van der Waals surface area contributed by atoms with Gasteiger partial charge in [0, 0.05) is 0 Å². The summed E-state index contributed by atoms with van der Waals surface area (Å²) in [5.41, 5.74) is 4.68. The van der Waals surface area contributed by atoms with Gasteiger partial charge in [0.15, 0.2) is 0 Å². The molecule has 0 amide bonds. The summed E-state index contributed by atoms with van der Waals surface area (Å²) >= 11 is 0. The van der Waals surface area contributed by atoms with Gasteiger partial charge in [-0.3, -0.25) is 19.2 Å². The molecular weight excluding hydrogens is 885 g/mol. The summed E-state index contributed by atoms with van der Waals surface area (Å²) < 4.78 is 22.6. The van der Waals surface area contributed by atoms with E-state index in [-0.39, 0.29) is 58.4 Å². The first-order chi connectivity index (χ1) is 32.6. The minimum absolute atomic E-state index is 0.0497. The number of ether oxygens (including phenoxy) is 4. The highest BCUT2D eigenvalue weighted by atomic mass is 16.6.